The molecule has 20 heavy (non-hydrogen) atoms. The topological polar surface area (TPSA) is 55.1 Å². The van der Waals surface area contributed by atoms with Crippen LogP contribution in [0.4, 0.5) is 5.69 Å². The first-order chi connectivity index (χ1) is 9.49. The van der Waals surface area contributed by atoms with Gasteiger partial charge in [0.2, 0.25) is 0 Å². The number of anilines is 1. The maximum atomic E-state index is 12.2. The standard InChI is InChI=1S/C15H14Cl2N2O/c1-9(11-4-2-3-5-12(11)16)19-15(20)10-6-7-13(17)14(18)8-10/h2-9H,18H2,1H3,(H,19,20)/t9-/m1/s1. The minimum absolute atomic E-state index is 0.201. The lowest BCUT2D eigenvalue weighted by atomic mass is 10.1. The summed E-state index contributed by atoms with van der Waals surface area (Å²) in [6.45, 7) is 1.87. The zero-order valence-corrected chi connectivity index (χ0v) is 12.4. The van der Waals surface area contributed by atoms with Crippen molar-refractivity contribution in [1.82, 2.24) is 5.32 Å². The molecule has 0 saturated heterocycles. The van der Waals surface area contributed by atoms with Crippen molar-refractivity contribution in [1.29, 1.82) is 0 Å². The molecule has 5 heteroatoms. The number of carbonyl (C=O) groups is 1. The number of rotatable bonds is 3. The van der Waals surface area contributed by atoms with E-state index in [9.17, 15) is 4.79 Å². The third-order valence-corrected chi connectivity index (χ3v) is 3.67. The Bertz CT molecular complexity index is 644. The van der Waals surface area contributed by atoms with E-state index < -0.39 is 0 Å². The molecule has 2 rings (SSSR count). The van der Waals surface area contributed by atoms with Crippen LogP contribution in [0.1, 0.15) is 28.9 Å². The lowest BCUT2D eigenvalue weighted by Crippen LogP contribution is -2.26. The smallest absolute Gasteiger partial charge is 0.251 e. The van der Waals surface area contributed by atoms with E-state index >= 15 is 0 Å². The molecule has 0 fully saturated rings. The van der Waals surface area contributed by atoms with E-state index in [4.69, 9.17) is 28.9 Å². The molecule has 3 N–H and O–H groups in total. The summed E-state index contributed by atoms with van der Waals surface area (Å²) in [5.74, 6) is -0.221. The summed E-state index contributed by atoms with van der Waals surface area (Å²) in [6.07, 6.45) is 0. The average Bonchev–Trinajstić information content (AvgIpc) is 2.42. The molecular formula is C15H14Cl2N2O. The highest BCUT2D eigenvalue weighted by atomic mass is 35.5. The summed E-state index contributed by atoms with van der Waals surface area (Å²) in [4.78, 5) is 12.2. The summed E-state index contributed by atoms with van der Waals surface area (Å²) in [5.41, 5.74) is 7.40. The van der Waals surface area contributed by atoms with Gasteiger partial charge < -0.3 is 11.1 Å². The van der Waals surface area contributed by atoms with Gasteiger partial charge in [0.25, 0.3) is 5.91 Å². The fourth-order valence-corrected chi connectivity index (χ4v) is 2.29. The number of carbonyl (C=O) groups excluding carboxylic acids is 1. The van der Waals surface area contributed by atoms with Gasteiger partial charge in [-0.2, -0.15) is 0 Å². The van der Waals surface area contributed by atoms with Gasteiger partial charge in [-0.15, -0.1) is 0 Å². The molecular weight excluding hydrogens is 295 g/mol. The van der Waals surface area contributed by atoms with Crippen LogP contribution < -0.4 is 11.1 Å². The van der Waals surface area contributed by atoms with Crippen molar-refractivity contribution in [2.75, 3.05) is 5.73 Å². The largest absolute Gasteiger partial charge is 0.398 e. The molecule has 0 unspecified atom stereocenters. The predicted octanol–water partition coefficient (Wildman–Crippen LogP) is 4.07. The van der Waals surface area contributed by atoms with Crippen LogP contribution in [-0.2, 0) is 0 Å². The van der Waals surface area contributed by atoms with Gasteiger partial charge in [-0.25, -0.2) is 0 Å². The van der Waals surface area contributed by atoms with Crippen LogP contribution in [-0.4, -0.2) is 5.91 Å². The fraction of sp³-hybridized carbons (Fsp3) is 0.133. The predicted molar refractivity (Wildman–Crippen MR) is 83.2 cm³/mol. The van der Waals surface area contributed by atoms with Gasteiger partial charge >= 0.3 is 0 Å². The highest BCUT2D eigenvalue weighted by Gasteiger charge is 2.14. The molecule has 0 aromatic heterocycles. The van der Waals surface area contributed by atoms with E-state index in [1.54, 1.807) is 24.3 Å². The van der Waals surface area contributed by atoms with Gasteiger partial charge in [-0.3, -0.25) is 4.79 Å². The maximum Gasteiger partial charge on any atom is 0.251 e. The van der Waals surface area contributed by atoms with Crippen LogP contribution in [0.3, 0.4) is 0 Å². The van der Waals surface area contributed by atoms with E-state index in [2.05, 4.69) is 5.32 Å². The average molecular weight is 309 g/mol. The SMILES string of the molecule is C[C@@H](NC(=O)c1ccc(Cl)c(N)c1)c1ccccc1Cl. The Morgan fingerprint density at radius 2 is 1.85 bits per heavy atom. The van der Waals surface area contributed by atoms with Gasteiger partial charge in [0.1, 0.15) is 0 Å². The van der Waals surface area contributed by atoms with E-state index in [1.807, 2.05) is 25.1 Å². The number of nitrogens with two attached hydrogens (primary N) is 1. The zero-order valence-electron chi connectivity index (χ0n) is 10.9. The number of hydrogen-bond acceptors (Lipinski definition) is 2. The molecule has 0 bridgehead atoms. The fourth-order valence-electron chi connectivity index (χ4n) is 1.87. The summed E-state index contributed by atoms with van der Waals surface area (Å²) in [7, 11) is 0. The number of hydrogen-bond donors (Lipinski definition) is 2. The van der Waals surface area contributed by atoms with Crippen LogP contribution in [0.25, 0.3) is 0 Å². The Morgan fingerprint density at radius 1 is 1.15 bits per heavy atom. The van der Waals surface area contributed by atoms with Crippen molar-refractivity contribution in [3.8, 4) is 0 Å². The number of benzene rings is 2. The van der Waals surface area contributed by atoms with Crippen LogP contribution in [0.2, 0.25) is 10.0 Å². The molecule has 104 valence electrons. The highest BCUT2D eigenvalue weighted by Crippen LogP contribution is 2.23. The van der Waals surface area contributed by atoms with E-state index in [-0.39, 0.29) is 11.9 Å². The van der Waals surface area contributed by atoms with Crippen molar-refractivity contribution < 1.29 is 4.79 Å². The molecule has 1 atom stereocenters. The molecule has 0 saturated carbocycles. The Labute approximate surface area is 127 Å². The number of nitrogens with one attached hydrogen (secondary N) is 1. The van der Waals surface area contributed by atoms with Gasteiger partial charge in [-0.1, -0.05) is 41.4 Å². The molecule has 1 amide bonds. The molecule has 0 spiro atoms. The summed E-state index contributed by atoms with van der Waals surface area (Å²) in [5, 5.41) is 3.93. The van der Waals surface area contributed by atoms with Crippen LogP contribution >= 0.6 is 23.2 Å². The van der Waals surface area contributed by atoms with Crippen LogP contribution in [0, 0.1) is 0 Å². The monoisotopic (exact) mass is 308 g/mol. The van der Waals surface area contributed by atoms with Crippen molar-refractivity contribution in [3.63, 3.8) is 0 Å². The van der Waals surface area contributed by atoms with Gasteiger partial charge in [-0.05, 0) is 36.8 Å². The molecule has 3 nitrogen and oxygen atoms in total. The van der Waals surface area contributed by atoms with E-state index in [0.717, 1.165) is 5.56 Å². The van der Waals surface area contributed by atoms with Crippen molar-refractivity contribution >= 4 is 34.8 Å². The van der Waals surface area contributed by atoms with Crippen molar-refractivity contribution in [2.24, 2.45) is 0 Å². The third-order valence-electron chi connectivity index (χ3n) is 2.98. The first kappa shape index (κ1) is 14.7. The van der Waals surface area contributed by atoms with E-state index in [0.29, 0.717) is 21.3 Å². The first-order valence-corrected chi connectivity index (χ1v) is 6.85. The van der Waals surface area contributed by atoms with Crippen molar-refractivity contribution in [2.45, 2.75) is 13.0 Å². The third kappa shape index (κ3) is 3.24. The molecule has 0 radical (unpaired) electrons. The molecule has 0 heterocycles. The second kappa shape index (κ2) is 6.16. The summed E-state index contributed by atoms with van der Waals surface area (Å²) < 4.78 is 0. The molecule has 0 aliphatic rings. The minimum atomic E-state index is -0.221. The van der Waals surface area contributed by atoms with Crippen LogP contribution in [0.5, 0.6) is 0 Å². The lowest BCUT2D eigenvalue weighted by molar-refractivity contribution is 0.0940. The summed E-state index contributed by atoms with van der Waals surface area (Å²) >= 11 is 11.9. The molecule has 2 aromatic carbocycles. The first-order valence-electron chi connectivity index (χ1n) is 6.09. The Balaban J connectivity index is 2.15. The molecule has 0 aliphatic carbocycles. The maximum absolute atomic E-state index is 12.2. The van der Waals surface area contributed by atoms with Gasteiger partial charge in [0.15, 0.2) is 0 Å². The number of amides is 1. The highest BCUT2D eigenvalue weighted by molar-refractivity contribution is 6.33. The normalized spacial score (nSPS) is 11.9. The number of nitrogen functional groups attached to an aromatic ring is 1. The van der Waals surface area contributed by atoms with Gasteiger partial charge in [0, 0.05) is 10.6 Å². The molecule has 0 aliphatic heterocycles. The Morgan fingerprint density at radius 3 is 2.50 bits per heavy atom. The lowest BCUT2D eigenvalue weighted by Gasteiger charge is -2.16. The van der Waals surface area contributed by atoms with Crippen LogP contribution in [0.15, 0.2) is 42.5 Å². The minimum Gasteiger partial charge on any atom is -0.398 e. The van der Waals surface area contributed by atoms with E-state index in [1.165, 1.54) is 0 Å². The van der Waals surface area contributed by atoms with Gasteiger partial charge in [0.05, 0.1) is 16.8 Å². The van der Waals surface area contributed by atoms with Crippen molar-refractivity contribution in [3.05, 3.63) is 63.6 Å². The summed E-state index contributed by atoms with van der Waals surface area (Å²) in [6, 6.07) is 12.0. The number of halogens is 2. The quantitative estimate of drug-likeness (QED) is 0.840. The Hall–Kier alpha value is -1.71. The molecule has 2 aromatic rings. The second-order valence-electron chi connectivity index (χ2n) is 4.45. The Kier molecular flexibility index (Phi) is 4.53. The zero-order chi connectivity index (χ0) is 14.7. The second-order valence-corrected chi connectivity index (χ2v) is 5.27.